The zero-order valence-corrected chi connectivity index (χ0v) is 22.2. The molecule has 0 amide bonds. The highest BCUT2D eigenvalue weighted by Crippen LogP contribution is 2.62. The van der Waals surface area contributed by atoms with Crippen molar-refractivity contribution in [2.75, 3.05) is 25.1 Å². The molecular formula is C28H58OP+. The van der Waals surface area contributed by atoms with Crippen molar-refractivity contribution >= 4 is 7.26 Å². The first kappa shape index (κ1) is 30.1. The van der Waals surface area contributed by atoms with Crippen LogP contribution in [-0.4, -0.2) is 30.2 Å². The van der Waals surface area contributed by atoms with E-state index < -0.39 is 7.26 Å². The Kier molecular flexibility index (Phi) is 23.9. The number of hydrogen-bond donors (Lipinski definition) is 1. The van der Waals surface area contributed by atoms with Crippen molar-refractivity contribution < 1.29 is 5.11 Å². The molecule has 0 bridgehead atoms. The molecule has 0 rings (SSSR count). The van der Waals surface area contributed by atoms with E-state index in [1.807, 2.05) is 0 Å². The molecule has 0 heterocycles. The number of rotatable bonds is 24. The Hall–Kier alpha value is 0.130. The Morgan fingerprint density at radius 2 is 0.833 bits per heavy atom. The standard InChI is InChI=1S/C28H58OP/c1-4-7-10-13-16-20-25-30(28-23-19-24-29,26-21-17-14-11-8-5-2)27-22-18-15-12-9-6-3/h23,28-29H,4-22,24-27H2,1-3H3/q+1. The second kappa shape index (κ2) is 23.8. The fraction of sp³-hybridized carbons (Fsp3) is 0.929. The summed E-state index contributed by atoms with van der Waals surface area (Å²) in [4.78, 5) is 0. The average Bonchev–Trinajstić information content (AvgIpc) is 2.75. The van der Waals surface area contributed by atoms with Gasteiger partial charge in [-0.15, -0.1) is 0 Å². The van der Waals surface area contributed by atoms with Crippen LogP contribution in [0.25, 0.3) is 0 Å². The van der Waals surface area contributed by atoms with E-state index >= 15 is 0 Å². The number of unbranched alkanes of at least 4 members (excludes halogenated alkanes) is 15. The van der Waals surface area contributed by atoms with E-state index in [1.54, 1.807) is 0 Å². The van der Waals surface area contributed by atoms with Crippen molar-refractivity contribution in [3.8, 4) is 0 Å². The van der Waals surface area contributed by atoms with Gasteiger partial charge in [-0.2, -0.15) is 0 Å². The first-order chi connectivity index (χ1) is 14.7. The molecule has 0 aromatic rings. The average molecular weight is 442 g/mol. The summed E-state index contributed by atoms with van der Waals surface area (Å²) in [5, 5.41) is 9.31. The summed E-state index contributed by atoms with van der Waals surface area (Å²) in [6.07, 6.45) is 33.1. The first-order valence-corrected chi connectivity index (χ1v) is 16.3. The summed E-state index contributed by atoms with van der Waals surface area (Å²) in [6.45, 7) is 7.23. The Balaban J connectivity index is 4.70. The van der Waals surface area contributed by atoms with Crippen LogP contribution in [0.5, 0.6) is 0 Å². The van der Waals surface area contributed by atoms with Crippen LogP contribution < -0.4 is 0 Å². The topological polar surface area (TPSA) is 20.2 Å². The van der Waals surface area contributed by atoms with Gasteiger partial charge in [0.15, 0.2) is 0 Å². The lowest BCUT2D eigenvalue weighted by Crippen LogP contribution is -2.07. The van der Waals surface area contributed by atoms with Gasteiger partial charge in [0.05, 0.1) is 24.3 Å². The Morgan fingerprint density at radius 1 is 0.500 bits per heavy atom. The van der Waals surface area contributed by atoms with Gasteiger partial charge in [-0.1, -0.05) is 97.8 Å². The van der Waals surface area contributed by atoms with E-state index in [9.17, 15) is 5.11 Å². The number of hydrogen-bond acceptors (Lipinski definition) is 1. The summed E-state index contributed by atoms with van der Waals surface area (Å²) in [7, 11) is -0.984. The third kappa shape index (κ3) is 18.9. The fourth-order valence-corrected chi connectivity index (χ4v) is 8.83. The van der Waals surface area contributed by atoms with Gasteiger partial charge in [-0.3, -0.25) is 0 Å². The van der Waals surface area contributed by atoms with Gasteiger partial charge in [0.1, 0.15) is 0 Å². The van der Waals surface area contributed by atoms with Gasteiger partial charge < -0.3 is 5.11 Å². The summed E-state index contributed by atoms with van der Waals surface area (Å²) < 4.78 is 0. The molecule has 0 aromatic heterocycles. The highest BCUT2D eigenvalue weighted by Gasteiger charge is 2.32. The zero-order chi connectivity index (χ0) is 22.2. The van der Waals surface area contributed by atoms with E-state index in [1.165, 1.54) is 134 Å². The molecule has 1 N–H and O–H groups in total. The molecule has 0 aliphatic carbocycles. The van der Waals surface area contributed by atoms with E-state index in [0.29, 0.717) is 6.61 Å². The Labute approximate surface area is 192 Å². The Bertz CT molecular complexity index is 312. The first-order valence-electron chi connectivity index (χ1n) is 13.9. The summed E-state index contributed by atoms with van der Waals surface area (Å²) >= 11 is 0. The molecule has 2 heteroatoms. The second-order valence-corrected chi connectivity index (χ2v) is 13.7. The predicted molar refractivity (Wildman–Crippen MR) is 142 cm³/mol. The molecule has 0 aromatic carbocycles. The Morgan fingerprint density at radius 3 is 1.17 bits per heavy atom. The highest BCUT2D eigenvalue weighted by molar-refractivity contribution is 7.78. The fourth-order valence-electron chi connectivity index (χ4n) is 4.55. The molecule has 0 unspecified atom stereocenters. The van der Waals surface area contributed by atoms with Gasteiger partial charge in [-0.05, 0) is 51.0 Å². The molecule has 0 saturated heterocycles. The third-order valence-electron chi connectivity index (χ3n) is 6.59. The summed E-state index contributed by atoms with van der Waals surface area (Å²) in [6, 6.07) is 0. The molecule has 0 aliphatic heterocycles. The van der Waals surface area contributed by atoms with Crippen molar-refractivity contribution in [3.05, 3.63) is 11.9 Å². The lowest BCUT2D eigenvalue weighted by atomic mass is 10.1. The minimum atomic E-state index is -0.984. The molecule has 0 fully saturated rings. The maximum absolute atomic E-state index is 9.31. The lowest BCUT2D eigenvalue weighted by molar-refractivity contribution is 0.302. The van der Waals surface area contributed by atoms with Gasteiger partial charge in [0.2, 0.25) is 0 Å². The van der Waals surface area contributed by atoms with Crippen LogP contribution in [0.2, 0.25) is 0 Å². The van der Waals surface area contributed by atoms with Crippen molar-refractivity contribution in [1.29, 1.82) is 0 Å². The number of aliphatic hydroxyl groups excluding tert-OH is 1. The summed E-state index contributed by atoms with van der Waals surface area (Å²) in [5.74, 6) is 2.66. The molecule has 30 heavy (non-hydrogen) atoms. The van der Waals surface area contributed by atoms with Crippen LogP contribution in [0, 0.1) is 0 Å². The maximum Gasteiger partial charge on any atom is 0.0635 e. The quantitative estimate of drug-likeness (QED) is 0.117. The maximum atomic E-state index is 9.31. The van der Waals surface area contributed by atoms with Crippen molar-refractivity contribution in [3.63, 3.8) is 0 Å². The SMILES string of the molecule is CCCCCCCC[P+](C=CCCO)(CCCCCCCC)CCCCCCCC. The smallest absolute Gasteiger partial charge is 0.0635 e. The minimum absolute atomic E-state index is 0.307. The predicted octanol–water partition coefficient (Wildman–Crippen LogP) is 9.98. The molecule has 1 nitrogen and oxygen atoms in total. The van der Waals surface area contributed by atoms with Crippen LogP contribution in [0.15, 0.2) is 11.9 Å². The van der Waals surface area contributed by atoms with Crippen LogP contribution in [0.3, 0.4) is 0 Å². The van der Waals surface area contributed by atoms with E-state index in [2.05, 4.69) is 32.7 Å². The summed E-state index contributed by atoms with van der Waals surface area (Å²) in [5.41, 5.74) is 0. The van der Waals surface area contributed by atoms with Gasteiger partial charge >= 0.3 is 0 Å². The molecule has 0 atom stereocenters. The molecule has 0 spiro atoms. The zero-order valence-electron chi connectivity index (χ0n) is 21.3. The van der Waals surface area contributed by atoms with Crippen LogP contribution in [0.1, 0.15) is 143 Å². The second-order valence-electron chi connectivity index (χ2n) is 9.59. The van der Waals surface area contributed by atoms with E-state index in [0.717, 1.165) is 6.42 Å². The normalized spacial score (nSPS) is 12.3. The van der Waals surface area contributed by atoms with Crippen LogP contribution >= 0.6 is 7.26 Å². The molecule has 0 radical (unpaired) electrons. The van der Waals surface area contributed by atoms with Crippen LogP contribution in [-0.2, 0) is 0 Å². The van der Waals surface area contributed by atoms with Crippen molar-refractivity contribution in [2.45, 2.75) is 143 Å². The third-order valence-corrected chi connectivity index (χ3v) is 11.1. The van der Waals surface area contributed by atoms with Gasteiger partial charge in [0, 0.05) is 13.9 Å². The lowest BCUT2D eigenvalue weighted by Gasteiger charge is -2.25. The largest absolute Gasteiger partial charge is 0.396 e. The number of aliphatic hydroxyl groups is 1. The minimum Gasteiger partial charge on any atom is -0.396 e. The van der Waals surface area contributed by atoms with Crippen molar-refractivity contribution in [1.82, 2.24) is 0 Å². The van der Waals surface area contributed by atoms with E-state index in [-0.39, 0.29) is 0 Å². The monoisotopic (exact) mass is 441 g/mol. The molecule has 0 saturated carbocycles. The van der Waals surface area contributed by atoms with Crippen LogP contribution in [0.4, 0.5) is 0 Å². The molecule has 0 aliphatic rings. The van der Waals surface area contributed by atoms with Gasteiger partial charge in [-0.25, -0.2) is 0 Å². The van der Waals surface area contributed by atoms with Crippen molar-refractivity contribution in [2.24, 2.45) is 0 Å². The molecule has 180 valence electrons. The highest BCUT2D eigenvalue weighted by atomic mass is 31.2. The van der Waals surface area contributed by atoms with Gasteiger partial charge in [0.25, 0.3) is 0 Å². The molecular weight excluding hydrogens is 383 g/mol. The van der Waals surface area contributed by atoms with E-state index in [4.69, 9.17) is 0 Å².